The Morgan fingerprint density at radius 2 is 1.73 bits per heavy atom. The number of hydrogen-bond donors (Lipinski definition) is 0. The van der Waals surface area contributed by atoms with Crippen LogP contribution in [0, 0.1) is 0 Å². The normalized spacial score (nSPS) is 11.4. The average molecular weight is 449 g/mol. The van der Waals surface area contributed by atoms with Gasteiger partial charge in [-0.05, 0) is 23.8 Å². The summed E-state index contributed by atoms with van der Waals surface area (Å²) in [6, 6.07) is 14.4. The molecule has 0 spiro atoms. The molecule has 0 amide bonds. The van der Waals surface area contributed by atoms with Gasteiger partial charge in [-0.15, -0.1) is 0 Å². The van der Waals surface area contributed by atoms with Gasteiger partial charge in [0.1, 0.15) is 12.3 Å². The van der Waals surface area contributed by atoms with E-state index in [1.165, 1.54) is 31.6 Å². The zero-order chi connectivity index (χ0) is 21.3. The smallest absolute Gasteiger partial charge is 0.220 e. The Labute approximate surface area is 184 Å². The van der Waals surface area contributed by atoms with Gasteiger partial charge in [0.05, 0.1) is 30.4 Å². The van der Waals surface area contributed by atoms with Crippen molar-refractivity contribution in [2.24, 2.45) is 4.99 Å². The van der Waals surface area contributed by atoms with Crippen molar-refractivity contribution in [3.8, 4) is 11.5 Å². The number of pyridine rings is 1. The topological polar surface area (TPSA) is 52.9 Å². The van der Waals surface area contributed by atoms with Crippen LogP contribution < -0.4 is 9.47 Å². The van der Waals surface area contributed by atoms with Gasteiger partial charge in [-0.25, -0.2) is 4.99 Å². The van der Waals surface area contributed by atoms with E-state index >= 15 is 0 Å². The predicted octanol–water partition coefficient (Wildman–Crippen LogP) is 6.04. The van der Waals surface area contributed by atoms with Gasteiger partial charge in [-0.1, -0.05) is 53.5 Å². The molecule has 0 aliphatic carbocycles. The predicted molar refractivity (Wildman–Crippen MR) is 116 cm³/mol. The minimum atomic E-state index is -0.766. The Hall–Kier alpha value is -2.67. The highest BCUT2D eigenvalue weighted by Gasteiger charge is 2.12. The molecule has 2 aromatic carbocycles. The second kappa shape index (κ2) is 10.9. The Morgan fingerprint density at radius 1 is 1.00 bits per heavy atom. The lowest BCUT2D eigenvalue weighted by Gasteiger charge is -2.12. The molecule has 0 unspecified atom stereocenters. The Balaban J connectivity index is 1.66. The fraction of sp³-hybridized carbons (Fsp3) is 0.182. The summed E-state index contributed by atoms with van der Waals surface area (Å²) in [6.45, 7) is 1.12. The lowest BCUT2D eigenvalue weighted by atomic mass is 10.2. The molecule has 0 saturated carbocycles. The lowest BCUT2D eigenvalue weighted by Crippen LogP contribution is -2.08. The zero-order valence-electron chi connectivity index (χ0n) is 16.1. The van der Waals surface area contributed by atoms with E-state index in [4.69, 9.17) is 37.4 Å². The van der Waals surface area contributed by atoms with Crippen molar-refractivity contribution in [2.75, 3.05) is 20.3 Å². The highest BCUT2D eigenvalue weighted by Crippen LogP contribution is 2.33. The number of aromatic nitrogens is 1. The van der Waals surface area contributed by atoms with E-state index < -0.39 is 5.97 Å². The van der Waals surface area contributed by atoms with Crippen LogP contribution in [-0.2, 0) is 11.3 Å². The van der Waals surface area contributed by atoms with Crippen LogP contribution in [0.3, 0.4) is 0 Å². The average Bonchev–Trinajstić information content (AvgIpc) is 2.76. The van der Waals surface area contributed by atoms with E-state index in [9.17, 15) is 4.39 Å². The van der Waals surface area contributed by atoms with Gasteiger partial charge in [0, 0.05) is 18.0 Å². The molecule has 30 heavy (non-hydrogen) atoms. The molecule has 3 aromatic rings. The van der Waals surface area contributed by atoms with E-state index in [0.29, 0.717) is 24.7 Å². The minimum absolute atomic E-state index is 0.110. The molecule has 3 rings (SSSR count). The second-order valence-electron chi connectivity index (χ2n) is 6.11. The first-order valence-electron chi connectivity index (χ1n) is 9.04. The molecule has 0 aliphatic rings. The van der Waals surface area contributed by atoms with Gasteiger partial charge >= 0.3 is 0 Å². The molecule has 0 atom stereocenters. The van der Waals surface area contributed by atoms with Gasteiger partial charge in [0.2, 0.25) is 5.97 Å². The maximum Gasteiger partial charge on any atom is 0.220 e. The van der Waals surface area contributed by atoms with Crippen LogP contribution in [0.25, 0.3) is 0 Å². The second-order valence-corrected chi connectivity index (χ2v) is 6.92. The molecule has 156 valence electrons. The quantitative estimate of drug-likeness (QED) is 0.295. The molecule has 0 bridgehead atoms. The third-order valence-corrected chi connectivity index (χ3v) is 4.59. The number of methoxy groups -OCH3 is 1. The van der Waals surface area contributed by atoms with Crippen LogP contribution in [-0.4, -0.2) is 31.3 Å². The third-order valence-electron chi connectivity index (χ3n) is 4.04. The Kier molecular flexibility index (Phi) is 8.02. The largest absolute Gasteiger partial charge is 0.493 e. The summed E-state index contributed by atoms with van der Waals surface area (Å²) in [5.41, 5.74) is 1.38. The standard InChI is InChI=1S/C22H19Cl2FN2O3/c1-28-19-8-7-16(22(25)27-21-17(23)12-26-13-18(21)24)11-20(19)30-10-9-29-14-15-5-3-2-4-6-15/h2-8,11-13H,9-10,14H2,1H3/b27-22-. The zero-order valence-corrected chi connectivity index (χ0v) is 17.7. The summed E-state index contributed by atoms with van der Waals surface area (Å²) >= 11 is 12.0. The van der Waals surface area contributed by atoms with E-state index in [-0.39, 0.29) is 27.9 Å². The SMILES string of the molecule is COc1ccc(/C(F)=N/c2c(Cl)cncc2Cl)cc1OCCOCc1ccccc1. The minimum Gasteiger partial charge on any atom is -0.493 e. The fourth-order valence-electron chi connectivity index (χ4n) is 2.57. The number of benzene rings is 2. The van der Waals surface area contributed by atoms with Crippen LogP contribution in [0.4, 0.5) is 10.1 Å². The van der Waals surface area contributed by atoms with Crippen molar-refractivity contribution < 1.29 is 18.6 Å². The summed E-state index contributed by atoms with van der Waals surface area (Å²) in [7, 11) is 1.51. The summed E-state index contributed by atoms with van der Waals surface area (Å²) < 4.78 is 31.3. The van der Waals surface area contributed by atoms with Crippen molar-refractivity contribution in [3.05, 3.63) is 82.1 Å². The van der Waals surface area contributed by atoms with Crippen molar-refractivity contribution in [1.29, 1.82) is 0 Å². The molecule has 1 heterocycles. The van der Waals surface area contributed by atoms with Crippen molar-refractivity contribution in [1.82, 2.24) is 4.98 Å². The molecule has 8 heteroatoms. The van der Waals surface area contributed by atoms with Crippen LogP contribution >= 0.6 is 23.2 Å². The summed E-state index contributed by atoms with van der Waals surface area (Å²) in [4.78, 5) is 7.72. The van der Waals surface area contributed by atoms with Gasteiger partial charge < -0.3 is 14.2 Å². The summed E-state index contributed by atoms with van der Waals surface area (Å²) in [6.07, 6.45) is 2.69. The van der Waals surface area contributed by atoms with E-state index in [0.717, 1.165) is 5.56 Å². The van der Waals surface area contributed by atoms with Gasteiger partial charge in [0.15, 0.2) is 11.5 Å². The van der Waals surface area contributed by atoms with Crippen molar-refractivity contribution in [2.45, 2.75) is 6.61 Å². The number of rotatable bonds is 9. The number of hydrogen-bond acceptors (Lipinski definition) is 5. The van der Waals surface area contributed by atoms with Crippen LogP contribution in [0.2, 0.25) is 10.0 Å². The van der Waals surface area contributed by atoms with Crippen molar-refractivity contribution >= 4 is 34.9 Å². The van der Waals surface area contributed by atoms with E-state index in [1.54, 1.807) is 6.07 Å². The first-order valence-corrected chi connectivity index (χ1v) is 9.80. The Bertz CT molecular complexity index is 996. The number of halogens is 3. The molecule has 1 aromatic heterocycles. The van der Waals surface area contributed by atoms with E-state index in [1.807, 2.05) is 30.3 Å². The fourth-order valence-corrected chi connectivity index (χ4v) is 3.02. The molecule has 0 fully saturated rings. The number of nitrogens with zero attached hydrogens (tertiary/aromatic N) is 2. The Morgan fingerprint density at radius 3 is 2.43 bits per heavy atom. The summed E-state index contributed by atoms with van der Waals surface area (Å²) in [5, 5.41) is 0.302. The number of ether oxygens (including phenoxy) is 3. The molecule has 0 saturated heterocycles. The monoisotopic (exact) mass is 448 g/mol. The molecule has 0 radical (unpaired) electrons. The van der Waals surface area contributed by atoms with Gasteiger partial charge in [0.25, 0.3) is 0 Å². The molecule has 0 aliphatic heterocycles. The maximum absolute atomic E-state index is 14.7. The lowest BCUT2D eigenvalue weighted by molar-refractivity contribution is 0.0879. The van der Waals surface area contributed by atoms with Crippen LogP contribution in [0.5, 0.6) is 11.5 Å². The number of aliphatic imine (C=N–C) groups is 1. The molecule has 5 nitrogen and oxygen atoms in total. The maximum atomic E-state index is 14.7. The van der Waals surface area contributed by atoms with E-state index in [2.05, 4.69) is 9.98 Å². The third kappa shape index (κ3) is 5.92. The van der Waals surface area contributed by atoms with Gasteiger partial charge in [-0.3, -0.25) is 4.98 Å². The summed E-state index contributed by atoms with van der Waals surface area (Å²) in [5.74, 6) is 0.0722. The molecule has 0 N–H and O–H groups in total. The molecular formula is C22H19Cl2FN2O3. The van der Waals surface area contributed by atoms with Crippen LogP contribution in [0.1, 0.15) is 11.1 Å². The first kappa shape index (κ1) is 22.0. The van der Waals surface area contributed by atoms with Crippen molar-refractivity contribution in [3.63, 3.8) is 0 Å². The first-order chi connectivity index (χ1) is 14.6. The highest BCUT2D eigenvalue weighted by molar-refractivity contribution is 6.38. The molecular weight excluding hydrogens is 430 g/mol. The van der Waals surface area contributed by atoms with Gasteiger partial charge in [-0.2, -0.15) is 4.39 Å². The van der Waals surface area contributed by atoms with Crippen LogP contribution in [0.15, 0.2) is 65.9 Å². The highest BCUT2D eigenvalue weighted by atomic mass is 35.5.